The van der Waals surface area contributed by atoms with Crippen LogP contribution in [0.2, 0.25) is 0 Å². The van der Waals surface area contributed by atoms with Crippen molar-refractivity contribution in [3.63, 3.8) is 0 Å². The molecular formula is C17H24N2O. The molecule has 3 nitrogen and oxygen atoms in total. The standard InChI is InChI=1S/C9H9N.C8H15NO/c1-2-4-9-7-10-6-5-8(9)3-1;1-7(2)5-9-8(3,4)10-6-7/h1-4,6H,5,7H2;5H,6H2,1-4H3. The van der Waals surface area contributed by atoms with Gasteiger partial charge in [-0.25, -0.2) is 0 Å². The predicted octanol–water partition coefficient (Wildman–Crippen LogP) is 3.66. The average Bonchev–Trinajstić information content (AvgIpc) is 2.44. The number of benzene rings is 1. The van der Waals surface area contributed by atoms with Crippen molar-refractivity contribution >= 4 is 12.4 Å². The summed E-state index contributed by atoms with van der Waals surface area (Å²) < 4.78 is 5.48. The second kappa shape index (κ2) is 5.88. The van der Waals surface area contributed by atoms with E-state index in [0.29, 0.717) is 0 Å². The van der Waals surface area contributed by atoms with Gasteiger partial charge in [0, 0.05) is 24.3 Å². The molecule has 1 aromatic rings. The lowest BCUT2D eigenvalue weighted by atomic mass is 9.95. The van der Waals surface area contributed by atoms with Crippen molar-refractivity contribution in [2.24, 2.45) is 15.4 Å². The highest BCUT2D eigenvalue weighted by atomic mass is 16.5. The molecule has 0 saturated heterocycles. The van der Waals surface area contributed by atoms with E-state index in [4.69, 9.17) is 4.74 Å². The minimum atomic E-state index is -0.296. The van der Waals surface area contributed by atoms with E-state index in [1.54, 1.807) is 0 Å². The molecule has 0 unspecified atom stereocenters. The molecule has 20 heavy (non-hydrogen) atoms. The third-order valence-corrected chi connectivity index (χ3v) is 3.34. The van der Waals surface area contributed by atoms with E-state index in [9.17, 15) is 0 Å². The molecule has 0 fully saturated rings. The lowest BCUT2D eigenvalue weighted by Gasteiger charge is -2.32. The van der Waals surface area contributed by atoms with Gasteiger partial charge in [-0.2, -0.15) is 0 Å². The zero-order chi connectivity index (χ0) is 14.6. The zero-order valence-electron chi connectivity index (χ0n) is 12.9. The van der Waals surface area contributed by atoms with E-state index in [1.807, 2.05) is 26.3 Å². The maximum Gasteiger partial charge on any atom is 0.153 e. The number of nitrogens with zero attached hydrogens (tertiary/aromatic N) is 2. The number of ether oxygens (including phenoxy) is 1. The van der Waals surface area contributed by atoms with Gasteiger partial charge in [0.15, 0.2) is 5.72 Å². The van der Waals surface area contributed by atoms with E-state index >= 15 is 0 Å². The molecule has 0 radical (unpaired) electrons. The molecule has 3 heteroatoms. The summed E-state index contributed by atoms with van der Waals surface area (Å²) in [6.07, 6.45) is 4.98. The van der Waals surface area contributed by atoms with E-state index in [2.05, 4.69) is 48.1 Å². The van der Waals surface area contributed by atoms with Crippen LogP contribution in [0.1, 0.15) is 38.8 Å². The largest absolute Gasteiger partial charge is 0.354 e. The molecule has 0 N–H and O–H groups in total. The Morgan fingerprint density at radius 1 is 1.05 bits per heavy atom. The van der Waals surface area contributed by atoms with Gasteiger partial charge in [0.2, 0.25) is 0 Å². The van der Waals surface area contributed by atoms with Crippen LogP contribution in [0.3, 0.4) is 0 Å². The Morgan fingerprint density at radius 2 is 1.75 bits per heavy atom. The molecule has 0 spiro atoms. The molecule has 2 heterocycles. The number of rotatable bonds is 0. The van der Waals surface area contributed by atoms with Gasteiger partial charge < -0.3 is 4.74 Å². The maximum absolute atomic E-state index is 5.48. The Labute approximate surface area is 121 Å². The molecule has 0 aromatic heterocycles. The second-order valence-corrected chi connectivity index (χ2v) is 6.48. The van der Waals surface area contributed by atoms with Gasteiger partial charge in [-0.1, -0.05) is 38.1 Å². The Kier molecular flexibility index (Phi) is 4.39. The van der Waals surface area contributed by atoms with E-state index in [0.717, 1.165) is 19.6 Å². The van der Waals surface area contributed by atoms with Crippen molar-refractivity contribution in [1.29, 1.82) is 0 Å². The second-order valence-electron chi connectivity index (χ2n) is 6.48. The molecule has 0 atom stereocenters. The molecule has 0 amide bonds. The molecule has 108 valence electrons. The molecule has 0 saturated carbocycles. The van der Waals surface area contributed by atoms with E-state index < -0.39 is 0 Å². The fourth-order valence-electron chi connectivity index (χ4n) is 2.00. The fourth-order valence-corrected chi connectivity index (χ4v) is 2.00. The van der Waals surface area contributed by atoms with Gasteiger partial charge in [0.1, 0.15) is 0 Å². The van der Waals surface area contributed by atoms with Gasteiger partial charge in [-0.3, -0.25) is 9.98 Å². The molecule has 1 aromatic carbocycles. The van der Waals surface area contributed by atoms with Crippen LogP contribution >= 0.6 is 0 Å². The van der Waals surface area contributed by atoms with Gasteiger partial charge in [0.25, 0.3) is 0 Å². The molecule has 2 aliphatic rings. The highest BCUT2D eigenvalue weighted by Gasteiger charge is 2.27. The van der Waals surface area contributed by atoms with Crippen LogP contribution in [-0.4, -0.2) is 24.8 Å². The Bertz CT molecular complexity index is 470. The maximum atomic E-state index is 5.48. The normalized spacial score (nSPS) is 21.6. The summed E-state index contributed by atoms with van der Waals surface area (Å²) in [6.45, 7) is 9.81. The number of hydrogen-bond acceptors (Lipinski definition) is 3. The Morgan fingerprint density at radius 3 is 2.30 bits per heavy atom. The van der Waals surface area contributed by atoms with Gasteiger partial charge >= 0.3 is 0 Å². The first kappa shape index (κ1) is 14.9. The number of hydrogen-bond donors (Lipinski definition) is 0. The van der Waals surface area contributed by atoms with E-state index in [1.165, 1.54) is 11.1 Å². The predicted molar refractivity (Wildman–Crippen MR) is 84.6 cm³/mol. The summed E-state index contributed by atoms with van der Waals surface area (Å²) in [6, 6.07) is 8.46. The topological polar surface area (TPSA) is 34.0 Å². The summed E-state index contributed by atoms with van der Waals surface area (Å²) in [5.41, 5.74) is 2.63. The van der Waals surface area contributed by atoms with Crippen LogP contribution in [0.5, 0.6) is 0 Å². The fraction of sp³-hybridized carbons (Fsp3) is 0.529. The van der Waals surface area contributed by atoms with Crippen molar-refractivity contribution in [1.82, 2.24) is 0 Å². The van der Waals surface area contributed by atoms with Gasteiger partial charge in [0.05, 0.1) is 13.2 Å². The minimum absolute atomic E-state index is 0.121. The summed E-state index contributed by atoms with van der Waals surface area (Å²) in [5, 5.41) is 0. The SMILES string of the molecule is C1=NCc2ccccc2C1.CC1(C)C=NC(C)(C)OC1. The first-order valence-corrected chi connectivity index (χ1v) is 7.13. The Hall–Kier alpha value is -1.48. The first-order valence-electron chi connectivity index (χ1n) is 7.13. The monoisotopic (exact) mass is 272 g/mol. The summed E-state index contributed by atoms with van der Waals surface area (Å²) in [7, 11) is 0. The number of fused-ring (bicyclic) bond motifs is 1. The van der Waals surface area contributed by atoms with Crippen LogP contribution in [0, 0.1) is 5.41 Å². The summed E-state index contributed by atoms with van der Waals surface area (Å²) in [4.78, 5) is 8.46. The highest BCUT2D eigenvalue weighted by Crippen LogP contribution is 2.24. The van der Waals surface area contributed by atoms with Gasteiger partial charge in [-0.15, -0.1) is 0 Å². The van der Waals surface area contributed by atoms with Crippen molar-refractivity contribution in [3.8, 4) is 0 Å². The highest BCUT2D eigenvalue weighted by molar-refractivity contribution is 5.66. The average molecular weight is 272 g/mol. The smallest absolute Gasteiger partial charge is 0.153 e. The Balaban J connectivity index is 0.000000147. The summed E-state index contributed by atoms with van der Waals surface area (Å²) in [5.74, 6) is 0. The van der Waals surface area contributed by atoms with Crippen LogP contribution < -0.4 is 0 Å². The minimum Gasteiger partial charge on any atom is -0.354 e. The van der Waals surface area contributed by atoms with Crippen molar-refractivity contribution in [2.45, 2.75) is 46.4 Å². The summed E-state index contributed by atoms with van der Waals surface area (Å²) >= 11 is 0. The quantitative estimate of drug-likeness (QED) is 0.709. The molecule has 0 aliphatic carbocycles. The number of aliphatic imine (C=N–C) groups is 2. The molecular weight excluding hydrogens is 248 g/mol. The lowest BCUT2D eigenvalue weighted by molar-refractivity contribution is -0.0452. The third-order valence-electron chi connectivity index (χ3n) is 3.34. The van der Waals surface area contributed by atoms with Gasteiger partial charge in [-0.05, 0) is 25.0 Å². The van der Waals surface area contributed by atoms with Crippen molar-refractivity contribution < 1.29 is 4.74 Å². The van der Waals surface area contributed by atoms with Crippen molar-refractivity contribution in [3.05, 3.63) is 35.4 Å². The molecule has 2 aliphatic heterocycles. The molecule has 0 bridgehead atoms. The van der Waals surface area contributed by atoms with Crippen LogP contribution in [0.15, 0.2) is 34.3 Å². The zero-order valence-corrected chi connectivity index (χ0v) is 12.9. The lowest BCUT2D eigenvalue weighted by Crippen LogP contribution is -2.35. The first-order chi connectivity index (χ1) is 9.38. The van der Waals surface area contributed by atoms with Crippen LogP contribution in [-0.2, 0) is 17.7 Å². The van der Waals surface area contributed by atoms with Crippen molar-refractivity contribution in [2.75, 3.05) is 6.61 Å². The molecule has 3 rings (SSSR count). The van der Waals surface area contributed by atoms with Crippen LogP contribution in [0.25, 0.3) is 0 Å². The van der Waals surface area contributed by atoms with Crippen LogP contribution in [0.4, 0.5) is 0 Å². The van der Waals surface area contributed by atoms with E-state index in [-0.39, 0.29) is 11.1 Å². The third kappa shape index (κ3) is 4.27.